The molecule has 0 N–H and O–H groups in total. The molecule has 3 aromatic carbocycles. The standard InChI is InChI=1S/C31H33F3O4/c1-3-5-6-7-23-13-14-24(19-37-23)38-31(35)26-15-12-22(18-27(26)32)20-8-10-21(11-9-20)25-16-17-28(36-4-2)30(34)29(25)33/h8-12,15-18,23-24H,3-7,13-14,19H2,1-2H3. The zero-order valence-corrected chi connectivity index (χ0v) is 21.8. The van der Waals surface area contributed by atoms with E-state index in [0.29, 0.717) is 29.7 Å². The Balaban J connectivity index is 1.39. The van der Waals surface area contributed by atoms with Gasteiger partial charge < -0.3 is 14.2 Å². The van der Waals surface area contributed by atoms with Gasteiger partial charge in [-0.3, -0.25) is 0 Å². The van der Waals surface area contributed by atoms with Crippen LogP contribution >= 0.6 is 0 Å². The highest BCUT2D eigenvalue weighted by molar-refractivity contribution is 5.90. The van der Waals surface area contributed by atoms with Gasteiger partial charge >= 0.3 is 5.97 Å². The third kappa shape index (κ3) is 6.57. The fourth-order valence-corrected chi connectivity index (χ4v) is 4.66. The van der Waals surface area contributed by atoms with Crippen LogP contribution < -0.4 is 4.74 Å². The average Bonchev–Trinajstić information content (AvgIpc) is 2.92. The highest BCUT2D eigenvalue weighted by atomic mass is 19.2. The van der Waals surface area contributed by atoms with Crippen LogP contribution in [0.2, 0.25) is 0 Å². The normalized spacial score (nSPS) is 17.3. The summed E-state index contributed by atoms with van der Waals surface area (Å²) in [7, 11) is 0. The Bertz CT molecular complexity index is 1230. The zero-order valence-electron chi connectivity index (χ0n) is 21.8. The molecule has 1 aliphatic heterocycles. The summed E-state index contributed by atoms with van der Waals surface area (Å²) >= 11 is 0. The molecule has 2 unspecified atom stereocenters. The number of rotatable bonds is 10. The number of carbonyl (C=O) groups excluding carboxylic acids is 1. The van der Waals surface area contributed by atoms with Gasteiger partial charge in [0.15, 0.2) is 11.6 Å². The van der Waals surface area contributed by atoms with Crippen molar-refractivity contribution in [2.45, 2.75) is 64.6 Å². The lowest BCUT2D eigenvalue weighted by Gasteiger charge is -2.29. The second kappa shape index (κ2) is 13.0. The maximum atomic E-state index is 14.9. The van der Waals surface area contributed by atoms with Crippen molar-refractivity contribution in [1.29, 1.82) is 0 Å². The lowest BCUT2D eigenvalue weighted by atomic mass is 9.99. The first-order valence-corrected chi connectivity index (χ1v) is 13.2. The van der Waals surface area contributed by atoms with Crippen LogP contribution in [0.1, 0.15) is 62.7 Å². The molecule has 1 heterocycles. The van der Waals surface area contributed by atoms with Gasteiger partial charge in [0.1, 0.15) is 11.9 Å². The van der Waals surface area contributed by atoms with Gasteiger partial charge in [0.25, 0.3) is 0 Å². The van der Waals surface area contributed by atoms with Crippen molar-refractivity contribution < 1.29 is 32.2 Å². The van der Waals surface area contributed by atoms with Gasteiger partial charge in [0.2, 0.25) is 5.82 Å². The van der Waals surface area contributed by atoms with Gasteiger partial charge in [-0.1, -0.05) is 56.5 Å². The minimum Gasteiger partial charge on any atom is -0.491 e. The van der Waals surface area contributed by atoms with Crippen molar-refractivity contribution in [2.75, 3.05) is 13.2 Å². The Morgan fingerprint density at radius 2 is 1.63 bits per heavy atom. The number of carbonyl (C=O) groups is 1. The molecule has 1 saturated heterocycles. The predicted octanol–water partition coefficient (Wildman–Crippen LogP) is 8.12. The molecule has 1 aliphatic rings. The first-order valence-electron chi connectivity index (χ1n) is 13.2. The molecule has 2 atom stereocenters. The molecule has 0 spiro atoms. The smallest absolute Gasteiger partial charge is 0.341 e. The number of hydrogen-bond donors (Lipinski definition) is 0. The molecule has 0 bridgehead atoms. The van der Waals surface area contributed by atoms with Crippen molar-refractivity contribution >= 4 is 5.97 Å². The van der Waals surface area contributed by atoms with Gasteiger partial charge in [-0.2, -0.15) is 4.39 Å². The lowest BCUT2D eigenvalue weighted by Crippen LogP contribution is -2.33. The lowest BCUT2D eigenvalue weighted by molar-refractivity contribution is -0.0693. The second-order valence-electron chi connectivity index (χ2n) is 9.50. The highest BCUT2D eigenvalue weighted by Crippen LogP contribution is 2.32. The Morgan fingerprint density at radius 3 is 2.29 bits per heavy atom. The van der Waals surface area contributed by atoms with Gasteiger partial charge in [-0.25, -0.2) is 13.6 Å². The first kappa shape index (κ1) is 27.7. The molecule has 1 fully saturated rings. The fourth-order valence-electron chi connectivity index (χ4n) is 4.66. The van der Waals surface area contributed by atoms with E-state index < -0.39 is 23.4 Å². The predicted molar refractivity (Wildman–Crippen MR) is 141 cm³/mol. The van der Waals surface area contributed by atoms with Crippen LogP contribution in [0.25, 0.3) is 22.3 Å². The van der Waals surface area contributed by atoms with E-state index in [1.807, 2.05) is 0 Å². The molecule has 0 radical (unpaired) electrons. The van der Waals surface area contributed by atoms with Crippen LogP contribution in [-0.4, -0.2) is 31.4 Å². The number of ether oxygens (including phenoxy) is 3. The van der Waals surface area contributed by atoms with Crippen LogP contribution in [0.15, 0.2) is 54.6 Å². The topological polar surface area (TPSA) is 44.8 Å². The number of unbranched alkanes of at least 4 members (excludes halogenated alkanes) is 2. The van der Waals surface area contributed by atoms with Gasteiger partial charge in [-0.15, -0.1) is 0 Å². The number of hydrogen-bond acceptors (Lipinski definition) is 4. The molecule has 0 saturated carbocycles. The minimum atomic E-state index is -1.04. The summed E-state index contributed by atoms with van der Waals surface area (Å²) in [6.45, 7) is 4.41. The van der Waals surface area contributed by atoms with E-state index in [9.17, 15) is 18.0 Å². The molecule has 0 aromatic heterocycles. The van der Waals surface area contributed by atoms with Crippen LogP contribution in [0.3, 0.4) is 0 Å². The van der Waals surface area contributed by atoms with Gasteiger partial charge in [0.05, 0.1) is 24.9 Å². The molecular formula is C31H33F3O4. The molecular weight excluding hydrogens is 493 g/mol. The molecule has 38 heavy (non-hydrogen) atoms. The minimum absolute atomic E-state index is 0.0979. The zero-order chi connectivity index (χ0) is 27.1. The van der Waals surface area contributed by atoms with E-state index in [-0.39, 0.29) is 35.7 Å². The Hall–Kier alpha value is -3.32. The molecule has 3 aromatic rings. The van der Waals surface area contributed by atoms with Crippen molar-refractivity contribution in [3.05, 3.63) is 77.6 Å². The second-order valence-corrected chi connectivity index (χ2v) is 9.50. The van der Waals surface area contributed by atoms with Crippen molar-refractivity contribution in [3.63, 3.8) is 0 Å². The van der Waals surface area contributed by atoms with Crippen LogP contribution in [0.4, 0.5) is 13.2 Å². The van der Waals surface area contributed by atoms with E-state index in [2.05, 4.69) is 6.92 Å². The Morgan fingerprint density at radius 1 is 0.895 bits per heavy atom. The summed E-state index contributed by atoms with van der Waals surface area (Å²) in [5.41, 5.74) is 1.63. The third-order valence-electron chi connectivity index (χ3n) is 6.80. The number of esters is 1. The summed E-state index contributed by atoms with van der Waals surface area (Å²) in [6.07, 6.45) is 5.82. The van der Waals surface area contributed by atoms with E-state index >= 15 is 0 Å². The molecule has 4 rings (SSSR count). The number of benzene rings is 3. The SMILES string of the molecule is CCCCCC1CCC(OC(=O)c2ccc(-c3ccc(-c4ccc(OCC)c(F)c4F)cc3)cc2F)CO1. The number of halogens is 3. The highest BCUT2D eigenvalue weighted by Gasteiger charge is 2.26. The molecule has 0 aliphatic carbocycles. The summed E-state index contributed by atoms with van der Waals surface area (Å²) < 4.78 is 60.1. The monoisotopic (exact) mass is 526 g/mol. The van der Waals surface area contributed by atoms with E-state index in [4.69, 9.17) is 14.2 Å². The largest absolute Gasteiger partial charge is 0.491 e. The van der Waals surface area contributed by atoms with Crippen molar-refractivity contribution in [2.24, 2.45) is 0 Å². The molecule has 0 amide bonds. The van der Waals surface area contributed by atoms with Crippen molar-refractivity contribution in [3.8, 4) is 28.0 Å². The first-order chi connectivity index (χ1) is 18.4. The van der Waals surface area contributed by atoms with Crippen LogP contribution in [0, 0.1) is 17.5 Å². The third-order valence-corrected chi connectivity index (χ3v) is 6.80. The summed E-state index contributed by atoms with van der Waals surface area (Å²) in [5, 5.41) is 0. The maximum absolute atomic E-state index is 14.9. The van der Waals surface area contributed by atoms with E-state index in [0.717, 1.165) is 25.7 Å². The summed E-state index contributed by atoms with van der Waals surface area (Å²) in [5.74, 6) is -3.57. The van der Waals surface area contributed by atoms with Crippen LogP contribution in [0.5, 0.6) is 5.75 Å². The van der Waals surface area contributed by atoms with Gasteiger partial charge in [-0.05, 0) is 67.1 Å². The average molecular weight is 527 g/mol. The van der Waals surface area contributed by atoms with E-state index in [1.165, 1.54) is 30.7 Å². The van der Waals surface area contributed by atoms with Crippen LogP contribution in [-0.2, 0) is 9.47 Å². The van der Waals surface area contributed by atoms with E-state index in [1.54, 1.807) is 37.3 Å². The fraction of sp³-hybridized carbons (Fsp3) is 0.387. The quantitative estimate of drug-likeness (QED) is 0.198. The summed E-state index contributed by atoms with van der Waals surface area (Å²) in [4.78, 5) is 12.6. The summed E-state index contributed by atoms with van der Waals surface area (Å²) in [6, 6.07) is 13.8. The molecule has 202 valence electrons. The Kier molecular flexibility index (Phi) is 9.45. The molecule has 7 heteroatoms. The van der Waals surface area contributed by atoms with Crippen molar-refractivity contribution in [1.82, 2.24) is 0 Å². The Labute approximate surface area is 221 Å². The molecule has 4 nitrogen and oxygen atoms in total. The van der Waals surface area contributed by atoms with Gasteiger partial charge in [0, 0.05) is 5.56 Å². The maximum Gasteiger partial charge on any atom is 0.341 e.